The number of aliphatic imine (C=N–C) groups is 1. The lowest BCUT2D eigenvalue weighted by Gasteiger charge is -2.30. The van der Waals surface area contributed by atoms with Gasteiger partial charge in [0.25, 0.3) is 17.7 Å². The van der Waals surface area contributed by atoms with Crippen molar-refractivity contribution in [2.75, 3.05) is 13.1 Å². The van der Waals surface area contributed by atoms with Gasteiger partial charge in [-0.3, -0.25) is 19.4 Å². The summed E-state index contributed by atoms with van der Waals surface area (Å²) in [7, 11) is 0. The third-order valence-corrected chi connectivity index (χ3v) is 8.20. The van der Waals surface area contributed by atoms with E-state index in [2.05, 4.69) is 15.6 Å². The molecule has 2 aliphatic rings. The minimum absolute atomic E-state index is 0.0342. The van der Waals surface area contributed by atoms with E-state index in [1.807, 2.05) is 12.1 Å². The third kappa shape index (κ3) is 5.54. The molecule has 2 aromatic carbocycles. The number of hydrogen-bond donors (Lipinski definition) is 3. The number of carboxylic acid groups (broad SMARTS) is 1. The number of halogens is 2. The predicted molar refractivity (Wildman–Crippen MR) is 148 cm³/mol. The molecular formula is C27H22Cl2N4O5S. The molecule has 2 aliphatic heterocycles. The summed E-state index contributed by atoms with van der Waals surface area (Å²) < 4.78 is 0. The number of amides is 3. The molecular weight excluding hydrogens is 563 g/mol. The number of benzene rings is 2. The highest BCUT2D eigenvalue weighted by Gasteiger charge is 2.30. The van der Waals surface area contributed by atoms with Gasteiger partial charge in [0, 0.05) is 31.4 Å². The summed E-state index contributed by atoms with van der Waals surface area (Å²) in [6, 6.07) is 9.01. The maximum atomic E-state index is 13.2. The van der Waals surface area contributed by atoms with Gasteiger partial charge in [-0.2, -0.15) is 0 Å². The molecule has 12 heteroatoms. The molecule has 0 spiro atoms. The maximum absolute atomic E-state index is 13.2. The van der Waals surface area contributed by atoms with E-state index in [1.54, 1.807) is 40.8 Å². The van der Waals surface area contributed by atoms with Gasteiger partial charge in [-0.05, 0) is 58.3 Å². The van der Waals surface area contributed by atoms with Crippen LogP contribution in [0.15, 0.2) is 46.8 Å². The average molecular weight is 585 g/mol. The van der Waals surface area contributed by atoms with Crippen LogP contribution in [0.5, 0.6) is 0 Å². The van der Waals surface area contributed by atoms with Crippen molar-refractivity contribution in [3.05, 3.63) is 90.1 Å². The highest BCUT2D eigenvalue weighted by Crippen LogP contribution is 2.35. The van der Waals surface area contributed by atoms with Crippen molar-refractivity contribution < 1.29 is 24.3 Å². The molecule has 0 bridgehead atoms. The summed E-state index contributed by atoms with van der Waals surface area (Å²) in [4.78, 5) is 56.6. The van der Waals surface area contributed by atoms with Crippen molar-refractivity contribution in [1.29, 1.82) is 0 Å². The van der Waals surface area contributed by atoms with Crippen LogP contribution in [0.4, 0.5) is 0 Å². The fourth-order valence-electron chi connectivity index (χ4n) is 4.58. The Kier molecular flexibility index (Phi) is 7.69. The second-order valence-electron chi connectivity index (χ2n) is 9.10. The number of carbonyl (C=O) groups excluding carboxylic acids is 3. The molecule has 0 radical (unpaired) electrons. The molecule has 39 heavy (non-hydrogen) atoms. The van der Waals surface area contributed by atoms with Crippen LogP contribution < -0.4 is 10.6 Å². The van der Waals surface area contributed by atoms with Crippen LogP contribution in [0.2, 0.25) is 10.0 Å². The van der Waals surface area contributed by atoms with E-state index >= 15 is 0 Å². The summed E-state index contributed by atoms with van der Waals surface area (Å²) in [5.74, 6) is -2.67. The van der Waals surface area contributed by atoms with Gasteiger partial charge in [0.05, 0.1) is 27.0 Å². The summed E-state index contributed by atoms with van der Waals surface area (Å²) in [5, 5.41) is 16.4. The number of fused-ring (bicyclic) bond motifs is 2. The second-order valence-corrected chi connectivity index (χ2v) is 10.8. The van der Waals surface area contributed by atoms with Crippen LogP contribution in [0.3, 0.4) is 0 Å². The summed E-state index contributed by atoms with van der Waals surface area (Å²) >= 11 is 14.3. The molecule has 0 unspecified atom stereocenters. The Bertz CT molecular complexity index is 1520. The summed E-state index contributed by atoms with van der Waals surface area (Å²) in [5.41, 5.74) is 3.92. The quantitative estimate of drug-likeness (QED) is 0.389. The Morgan fingerprint density at radius 2 is 1.92 bits per heavy atom. The van der Waals surface area contributed by atoms with Crippen molar-refractivity contribution >= 4 is 64.4 Å². The minimum Gasteiger partial charge on any atom is -0.480 e. The lowest BCUT2D eigenvalue weighted by Crippen LogP contribution is -2.48. The fraction of sp³-hybridized carbons (Fsp3) is 0.222. The van der Waals surface area contributed by atoms with Crippen molar-refractivity contribution in [3.63, 3.8) is 0 Å². The number of rotatable bonds is 7. The van der Waals surface area contributed by atoms with Crippen molar-refractivity contribution in [1.82, 2.24) is 15.5 Å². The highest BCUT2D eigenvalue weighted by molar-refractivity contribution is 7.12. The monoisotopic (exact) mass is 584 g/mol. The van der Waals surface area contributed by atoms with Gasteiger partial charge in [-0.15, -0.1) is 11.3 Å². The lowest BCUT2D eigenvalue weighted by molar-refractivity contribution is -0.139. The van der Waals surface area contributed by atoms with Crippen LogP contribution in [0.1, 0.15) is 52.6 Å². The molecule has 200 valence electrons. The topological polar surface area (TPSA) is 128 Å². The van der Waals surface area contributed by atoms with Crippen LogP contribution in [-0.2, 0) is 24.3 Å². The standard InChI is InChI=1S/C27H22Cl2N4O5S/c28-19-9-17-13-33(26(36)14-3-4-15-10-30-11-16(15)8-14)6-5-18(17)23(29)22(19)25(35)32-20(27(37)38)12-31-24(34)21-2-1-7-39-21/h1-4,7-10,20H,5-6,11-13H2,(H,31,34)(H,32,35)(H,37,38)/t20-/m0/s1. The molecule has 0 fully saturated rings. The van der Waals surface area contributed by atoms with Crippen LogP contribution >= 0.6 is 34.5 Å². The zero-order valence-electron chi connectivity index (χ0n) is 20.4. The first-order valence-corrected chi connectivity index (χ1v) is 13.6. The molecule has 3 aromatic rings. The van der Waals surface area contributed by atoms with Gasteiger partial charge in [0.1, 0.15) is 6.04 Å². The highest BCUT2D eigenvalue weighted by atomic mass is 35.5. The van der Waals surface area contributed by atoms with Crippen LogP contribution in [-0.4, -0.2) is 59.0 Å². The molecule has 3 heterocycles. The van der Waals surface area contributed by atoms with Gasteiger partial charge in [-0.1, -0.05) is 35.3 Å². The number of thiophene rings is 1. The number of carboxylic acids is 1. The molecule has 1 aromatic heterocycles. The average Bonchev–Trinajstić information content (AvgIpc) is 3.62. The van der Waals surface area contributed by atoms with E-state index in [-0.39, 0.29) is 34.6 Å². The zero-order valence-corrected chi connectivity index (χ0v) is 22.7. The van der Waals surface area contributed by atoms with E-state index in [9.17, 15) is 24.3 Å². The first kappa shape index (κ1) is 26.9. The zero-order chi connectivity index (χ0) is 27.7. The van der Waals surface area contributed by atoms with E-state index in [1.165, 1.54) is 11.3 Å². The van der Waals surface area contributed by atoms with Crippen molar-refractivity contribution in [3.8, 4) is 0 Å². The van der Waals surface area contributed by atoms with Gasteiger partial charge < -0.3 is 20.6 Å². The molecule has 9 nitrogen and oxygen atoms in total. The van der Waals surface area contributed by atoms with Gasteiger partial charge in [0.15, 0.2) is 0 Å². The molecule has 3 N–H and O–H groups in total. The number of aliphatic carboxylic acids is 1. The largest absolute Gasteiger partial charge is 0.480 e. The van der Waals surface area contributed by atoms with Gasteiger partial charge in [0.2, 0.25) is 0 Å². The number of nitrogens with one attached hydrogen (secondary N) is 2. The predicted octanol–water partition coefficient (Wildman–Crippen LogP) is 3.80. The Morgan fingerprint density at radius 1 is 1.10 bits per heavy atom. The number of carbonyl (C=O) groups is 4. The molecule has 5 rings (SSSR count). The van der Waals surface area contributed by atoms with E-state index in [4.69, 9.17) is 23.2 Å². The van der Waals surface area contributed by atoms with Gasteiger partial charge >= 0.3 is 5.97 Å². The lowest BCUT2D eigenvalue weighted by atomic mass is 9.95. The van der Waals surface area contributed by atoms with Gasteiger partial charge in [-0.25, -0.2) is 4.79 Å². The first-order valence-electron chi connectivity index (χ1n) is 12.0. The maximum Gasteiger partial charge on any atom is 0.328 e. The Labute approximate surface area is 237 Å². The first-order chi connectivity index (χ1) is 18.7. The molecule has 3 amide bonds. The van der Waals surface area contributed by atoms with Crippen molar-refractivity contribution in [2.24, 2.45) is 4.99 Å². The van der Waals surface area contributed by atoms with Crippen LogP contribution in [0, 0.1) is 0 Å². The van der Waals surface area contributed by atoms with E-state index in [0.29, 0.717) is 41.1 Å². The second kappa shape index (κ2) is 11.2. The Balaban J connectivity index is 1.29. The molecule has 1 atom stereocenters. The molecule has 0 aliphatic carbocycles. The summed E-state index contributed by atoms with van der Waals surface area (Å²) in [6.07, 6.45) is 2.18. The normalized spacial score (nSPS) is 14.4. The summed E-state index contributed by atoms with van der Waals surface area (Å²) in [6.45, 7) is 0.868. The van der Waals surface area contributed by atoms with Crippen LogP contribution in [0.25, 0.3) is 0 Å². The fourth-order valence-corrected chi connectivity index (χ4v) is 5.98. The van der Waals surface area contributed by atoms with Crippen molar-refractivity contribution in [2.45, 2.75) is 25.6 Å². The Morgan fingerprint density at radius 3 is 2.67 bits per heavy atom. The molecule has 0 saturated heterocycles. The SMILES string of the molecule is O=C(NC[C@H](NC(=O)c1c(Cl)cc2c(c1Cl)CCN(C(=O)c1ccc3c(c1)CN=C3)C2)C(=O)O)c1cccs1. The molecule has 0 saturated carbocycles. The Hall–Kier alpha value is -3.73. The van der Waals surface area contributed by atoms with E-state index < -0.39 is 23.8 Å². The smallest absolute Gasteiger partial charge is 0.328 e. The number of hydrogen-bond acceptors (Lipinski definition) is 6. The minimum atomic E-state index is -1.41. The third-order valence-electron chi connectivity index (χ3n) is 6.62. The number of nitrogens with zero attached hydrogens (tertiary/aromatic N) is 2. The van der Waals surface area contributed by atoms with E-state index in [0.717, 1.165) is 11.1 Å².